The Morgan fingerprint density at radius 3 is 1.76 bits per heavy atom. The van der Waals surface area contributed by atoms with Crippen LogP contribution in [0.25, 0.3) is 22.1 Å². The molecule has 2 unspecified atom stereocenters. The highest BCUT2D eigenvalue weighted by atomic mass is 19.4. The lowest BCUT2D eigenvalue weighted by Gasteiger charge is -2.34. The number of fused-ring (bicyclic) bond motifs is 2. The number of benzene rings is 1. The van der Waals surface area contributed by atoms with Gasteiger partial charge in [0.2, 0.25) is 18.2 Å². The Morgan fingerprint density at radius 2 is 1.31 bits per heavy atom. The highest BCUT2D eigenvalue weighted by molar-refractivity contribution is 5.87. The van der Waals surface area contributed by atoms with E-state index in [0.29, 0.717) is 40.7 Å². The number of ether oxygens (including phenoxy) is 2. The van der Waals surface area contributed by atoms with Gasteiger partial charge in [-0.1, -0.05) is 39.5 Å². The first-order valence-corrected chi connectivity index (χ1v) is 19.3. The van der Waals surface area contributed by atoms with Crippen molar-refractivity contribution in [2.75, 3.05) is 35.9 Å². The van der Waals surface area contributed by atoms with Gasteiger partial charge in [-0.15, -0.1) is 0 Å². The van der Waals surface area contributed by atoms with Crippen molar-refractivity contribution in [3.8, 4) is 11.5 Å². The smallest absolute Gasteiger partial charge is 0.446 e. The first-order chi connectivity index (χ1) is 27.9. The van der Waals surface area contributed by atoms with E-state index < -0.39 is 35.7 Å². The second-order valence-corrected chi connectivity index (χ2v) is 14.4. The van der Waals surface area contributed by atoms with Crippen molar-refractivity contribution < 1.29 is 37.7 Å². The summed E-state index contributed by atoms with van der Waals surface area (Å²) in [7, 11) is 3.26. The average Bonchev–Trinajstić information content (AvgIpc) is 3.21. The predicted octanol–water partition coefficient (Wildman–Crippen LogP) is 7.49. The molecule has 0 spiro atoms. The number of aliphatic hydroxyl groups excluding tert-OH is 2. The van der Waals surface area contributed by atoms with E-state index >= 15 is 0 Å². The molecule has 0 bridgehead atoms. The summed E-state index contributed by atoms with van der Waals surface area (Å²) in [4.78, 5) is 35.3. The number of aldehydes is 1. The molecule has 0 aliphatic heterocycles. The normalized spacial score (nSPS) is 14.3. The van der Waals surface area contributed by atoms with Crippen molar-refractivity contribution in [3.05, 3.63) is 60.4 Å². The zero-order chi connectivity index (χ0) is 43.8. The fourth-order valence-electron chi connectivity index (χ4n) is 5.76. The molecule has 18 heteroatoms. The van der Waals surface area contributed by atoms with Crippen LogP contribution in [0.15, 0.2) is 54.9 Å². The molecule has 4 heterocycles. The van der Waals surface area contributed by atoms with Crippen molar-refractivity contribution in [1.82, 2.24) is 29.9 Å². The Balaban J connectivity index is 0.000000295. The molecule has 0 aliphatic carbocycles. The number of nitrogens with zero attached hydrogens (tertiary/aromatic N) is 6. The number of anilines is 4. The molecular formula is C41H57F3N10O5. The molecule has 59 heavy (non-hydrogen) atoms. The van der Waals surface area contributed by atoms with Crippen LogP contribution >= 0.6 is 0 Å². The lowest BCUT2D eigenvalue weighted by Crippen LogP contribution is -2.45. The number of nitrogens with one attached hydrogen (secondary N) is 3. The van der Waals surface area contributed by atoms with Gasteiger partial charge in [0.15, 0.2) is 11.6 Å². The summed E-state index contributed by atoms with van der Waals surface area (Å²) in [5.41, 5.74) is 8.44. The summed E-state index contributed by atoms with van der Waals surface area (Å²) in [5, 5.41) is 30.7. The summed E-state index contributed by atoms with van der Waals surface area (Å²) >= 11 is 0. The van der Waals surface area contributed by atoms with E-state index in [2.05, 4.69) is 54.7 Å². The topological polar surface area (TPSA) is 215 Å². The molecule has 0 aliphatic rings. The van der Waals surface area contributed by atoms with Gasteiger partial charge in [-0.25, -0.2) is 9.97 Å². The minimum atomic E-state index is -4.64. The van der Waals surface area contributed by atoms with Crippen molar-refractivity contribution in [3.63, 3.8) is 0 Å². The number of nitrogens with two attached hydrogens (primary N) is 1. The van der Waals surface area contributed by atoms with Gasteiger partial charge < -0.3 is 41.4 Å². The maximum Gasteiger partial charge on any atom is 0.446 e. The zero-order valence-electron chi connectivity index (χ0n) is 34.9. The van der Waals surface area contributed by atoms with Gasteiger partial charge in [-0.05, 0) is 76.9 Å². The minimum absolute atomic E-state index is 0.196. The highest BCUT2D eigenvalue weighted by Gasteiger charge is 2.32. The maximum absolute atomic E-state index is 10.5. The number of aliphatic hydroxyl groups is 2. The predicted molar refractivity (Wildman–Crippen MR) is 225 cm³/mol. The average molecular weight is 827 g/mol. The van der Waals surface area contributed by atoms with E-state index in [1.807, 2.05) is 56.3 Å². The van der Waals surface area contributed by atoms with Gasteiger partial charge in [-0.3, -0.25) is 14.8 Å². The highest BCUT2D eigenvalue weighted by Crippen LogP contribution is 2.30. The van der Waals surface area contributed by atoms with Gasteiger partial charge in [-0.2, -0.15) is 23.1 Å². The molecular weight excluding hydrogens is 770 g/mol. The van der Waals surface area contributed by atoms with Gasteiger partial charge in [0.05, 0.1) is 48.5 Å². The number of hydrogen-bond donors (Lipinski definition) is 6. The molecule has 0 amide bonds. The van der Waals surface area contributed by atoms with Crippen molar-refractivity contribution in [2.45, 2.75) is 116 Å². The molecule has 322 valence electrons. The number of carbonyl (C=O) groups excluding carboxylic acids is 1. The molecule has 0 radical (unpaired) electrons. The van der Waals surface area contributed by atoms with E-state index in [0.717, 1.165) is 61.1 Å². The first-order valence-electron chi connectivity index (χ1n) is 19.3. The molecule has 7 N–H and O–H groups in total. The van der Waals surface area contributed by atoms with Crippen LogP contribution in [0.4, 0.5) is 36.7 Å². The summed E-state index contributed by atoms with van der Waals surface area (Å²) in [6.07, 6.45) is 2.38. The van der Waals surface area contributed by atoms with E-state index in [-0.39, 0.29) is 5.95 Å². The number of rotatable bonds is 17. The Hall–Kier alpha value is -5.62. The van der Waals surface area contributed by atoms with Crippen LogP contribution in [0.3, 0.4) is 0 Å². The Bertz CT molecular complexity index is 2090. The molecule has 4 atom stereocenters. The van der Waals surface area contributed by atoms with E-state index in [1.54, 1.807) is 40.5 Å². The molecule has 0 fully saturated rings. The van der Waals surface area contributed by atoms with Crippen molar-refractivity contribution >= 4 is 51.9 Å². The van der Waals surface area contributed by atoms with Gasteiger partial charge >= 0.3 is 6.18 Å². The monoisotopic (exact) mass is 826 g/mol. The van der Waals surface area contributed by atoms with Crippen molar-refractivity contribution in [1.29, 1.82) is 0 Å². The van der Waals surface area contributed by atoms with Crippen molar-refractivity contribution in [2.24, 2.45) is 0 Å². The standard InChI is InChI=1S/C24H33N5O3.C15H23N5O.C2HF3O/c1-6-7-12-24(3,16(2)30)29-22-21-19(9-8-13-25-21)27-23(28-22)26-15-17-10-11-18(31-4)14-20(17)32-5;1-4-5-8-15(3,10(2)21)20-13-12-11(7-6-9-17-12)18-14(16)19-13;3-2(4,5)1-6/h8-11,13-14,16,30H,6-7,12,15H2,1-5H3,(H2,26,27,28,29);6-7,9-10,21H,4-5,8H2,1-3H3,(H3,16,18,19,20);1H/t16?,24-;10?,15-;/m00./s1. The maximum atomic E-state index is 10.5. The van der Waals surface area contributed by atoms with Crippen LogP contribution in [0, 0.1) is 0 Å². The lowest BCUT2D eigenvalue weighted by molar-refractivity contribution is -0.156. The number of pyridine rings is 2. The first kappa shape index (κ1) is 47.8. The fourth-order valence-corrected chi connectivity index (χ4v) is 5.76. The number of aromatic nitrogens is 6. The number of carbonyl (C=O) groups is 1. The van der Waals surface area contributed by atoms with E-state index in [1.165, 1.54) is 0 Å². The number of methoxy groups -OCH3 is 2. The minimum Gasteiger partial charge on any atom is -0.497 e. The molecule has 5 rings (SSSR count). The summed E-state index contributed by atoms with van der Waals surface area (Å²) in [6.45, 7) is 12.3. The van der Waals surface area contributed by atoms with Crippen LogP contribution in [-0.4, -0.2) is 90.1 Å². The van der Waals surface area contributed by atoms with Crippen LogP contribution in [0.5, 0.6) is 11.5 Å². The van der Waals surface area contributed by atoms with E-state index in [9.17, 15) is 23.4 Å². The molecule has 15 nitrogen and oxygen atoms in total. The van der Waals surface area contributed by atoms with Crippen LogP contribution in [0.2, 0.25) is 0 Å². The Kier molecular flexibility index (Phi) is 17.8. The Morgan fingerprint density at radius 1 is 0.797 bits per heavy atom. The van der Waals surface area contributed by atoms with Gasteiger partial charge in [0, 0.05) is 30.6 Å². The summed E-state index contributed by atoms with van der Waals surface area (Å²) in [5.74, 6) is 3.28. The second-order valence-electron chi connectivity index (χ2n) is 14.4. The third kappa shape index (κ3) is 14.0. The molecule has 1 aromatic carbocycles. The zero-order valence-corrected chi connectivity index (χ0v) is 34.9. The quantitative estimate of drug-likeness (QED) is 0.0501. The molecule has 0 saturated carbocycles. The van der Waals surface area contributed by atoms with E-state index in [4.69, 9.17) is 25.0 Å². The second kappa shape index (κ2) is 21.9. The number of unbranched alkanes of at least 4 members (excludes halogenated alkanes) is 2. The van der Waals surface area contributed by atoms with Crippen LogP contribution < -0.4 is 31.2 Å². The summed E-state index contributed by atoms with van der Waals surface area (Å²) < 4.78 is 42.0. The lowest BCUT2D eigenvalue weighted by atomic mass is 9.89. The number of hydrogen-bond acceptors (Lipinski definition) is 15. The third-order valence-corrected chi connectivity index (χ3v) is 9.74. The Labute approximate surface area is 342 Å². The fraction of sp³-hybridized carbons (Fsp3) is 0.488. The van der Waals surface area contributed by atoms with Crippen LogP contribution in [-0.2, 0) is 11.3 Å². The number of halogens is 3. The number of alkyl halides is 3. The molecule has 4 aromatic heterocycles. The number of nitrogen functional groups attached to an aromatic ring is 1. The third-order valence-electron chi connectivity index (χ3n) is 9.74. The SMILES string of the molecule is CCCC[C@](C)(Nc1nc(N)nc2cccnc12)C(C)O.CCCC[C@](C)(Nc1nc(NCc2ccc(OC)cc2OC)nc2cccnc12)C(C)O.O=CC(F)(F)F. The van der Waals surface area contributed by atoms with Gasteiger partial charge in [0.1, 0.15) is 22.5 Å². The van der Waals surface area contributed by atoms with Crippen LogP contribution in [0.1, 0.15) is 85.6 Å². The summed E-state index contributed by atoms with van der Waals surface area (Å²) in [6, 6.07) is 13.1. The molecule has 0 saturated heterocycles. The molecule has 5 aromatic rings. The largest absolute Gasteiger partial charge is 0.497 e. The van der Waals surface area contributed by atoms with Gasteiger partial charge in [0.25, 0.3) is 0 Å².